The van der Waals surface area contributed by atoms with Crippen LogP contribution in [0.25, 0.3) is 0 Å². The third-order valence-electron chi connectivity index (χ3n) is 5.27. The highest BCUT2D eigenvalue weighted by Gasteiger charge is 2.60. The maximum absolute atomic E-state index is 13.3. The van der Waals surface area contributed by atoms with Gasteiger partial charge in [-0.15, -0.1) is 0 Å². The summed E-state index contributed by atoms with van der Waals surface area (Å²) in [5, 5.41) is 11.3. The maximum Gasteiger partial charge on any atom is 0.296 e. The highest BCUT2D eigenvalue weighted by molar-refractivity contribution is 6.05. The van der Waals surface area contributed by atoms with Crippen LogP contribution in [0, 0.1) is 10.1 Å². The van der Waals surface area contributed by atoms with Gasteiger partial charge in [-0.1, -0.05) is 18.2 Å². The van der Waals surface area contributed by atoms with Gasteiger partial charge in [0.15, 0.2) is 6.67 Å². The number of carbonyl (C=O) groups is 1. The number of amides is 1. The molecule has 1 aromatic carbocycles. The van der Waals surface area contributed by atoms with E-state index >= 15 is 0 Å². The molecule has 26 heavy (non-hydrogen) atoms. The lowest BCUT2D eigenvalue weighted by Gasteiger charge is -2.37. The first-order valence-electron chi connectivity index (χ1n) is 8.71. The van der Waals surface area contributed by atoms with Crippen molar-refractivity contribution < 1.29 is 28.8 Å². The molecule has 1 aromatic rings. The summed E-state index contributed by atoms with van der Waals surface area (Å²) in [7, 11) is 0. The van der Waals surface area contributed by atoms with Gasteiger partial charge in [-0.2, -0.15) is 0 Å². The van der Waals surface area contributed by atoms with Gasteiger partial charge in [-0.05, 0) is 6.07 Å². The lowest BCUT2D eigenvalue weighted by atomic mass is 10.0. The number of benzene rings is 1. The second-order valence-electron chi connectivity index (χ2n) is 7.22. The van der Waals surface area contributed by atoms with Crippen LogP contribution < -0.4 is 9.80 Å². The number of morpholine rings is 1. The Labute approximate surface area is 150 Å². The lowest BCUT2D eigenvalue weighted by Crippen LogP contribution is -3.15. The molecule has 9 nitrogen and oxygen atoms in total. The monoisotopic (exact) mass is 364 g/mol. The Morgan fingerprint density at radius 3 is 2.54 bits per heavy atom. The van der Waals surface area contributed by atoms with E-state index in [1.165, 1.54) is 11.8 Å². The smallest absolute Gasteiger partial charge is 0.296 e. The Bertz CT molecular complexity index is 725. The number of fused-ring (bicyclic) bond motifs is 2. The Morgan fingerprint density at radius 2 is 1.88 bits per heavy atom. The Morgan fingerprint density at radius 1 is 1.23 bits per heavy atom. The van der Waals surface area contributed by atoms with Crippen LogP contribution in [0.3, 0.4) is 0 Å². The summed E-state index contributed by atoms with van der Waals surface area (Å²) in [6.07, 6.45) is 0. The van der Waals surface area contributed by atoms with Crippen LogP contribution in [-0.4, -0.2) is 62.6 Å². The standard InChI is InChI=1S/C17H21N3O6/c1-16(20(22)23)10-25-17(26-11-16)13-4-2-3-5-14(13)19(15(17)21)12-18-6-8-24-9-7-18/h2-5H,6-12H2,1H3/p+1. The van der Waals surface area contributed by atoms with Gasteiger partial charge >= 0.3 is 0 Å². The van der Waals surface area contributed by atoms with Gasteiger partial charge in [-0.3, -0.25) is 19.8 Å². The average molecular weight is 364 g/mol. The fourth-order valence-corrected chi connectivity index (χ4v) is 3.57. The number of hydrogen-bond donors (Lipinski definition) is 1. The van der Waals surface area contributed by atoms with Crippen LogP contribution in [-0.2, 0) is 24.8 Å². The first-order chi connectivity index (χ1) is 12.5. The molecule has 3 aliphatic rings. The third-order valence-corrected chi connectivity index (χ3v) is 5.27. The Kier molecular flexibility index (Phi) is 4.19. The van der Waals surface area contributed by atoms with Gasteiger partial charge in [0.2, 0.25) is 0 Å². The van der Waals surface area contributed by atoms with Crippen molar-refractivity contribution in [2.75, 3.05) is 51.1 Å². The summed E-state index contributed by atoms with van der Waals surface area (Å²) >= 11 is 0. The summed E-state index contributed by atoms with van der Waals surface area (Å²) in [5.74, 6) is -1.90. The van der Waals surface area contributed by atoms with E-state index in [0.717, 1.165) is 18.8 Å². The molecule has 1 spiro atoms. The molecule has 0 radical (unpaired) electrons. The van der Waals surface area contributed by atoms with Crippen molar-refractivity contribution in [2.45, 2.75) is 18.2 Å². The molecule has 0 aromatic heterocycles. The van der Waals surface area contributed by atoms with Gasteiger partial charge in [-0.25, -0.2) is 0 Å². The number of nitrogens with one attached hydrogen (secondary N) is 1. The third kappa shape index (κ3) is 2.59. The van der Waals surface area contributed by atoms with Crippen molar-refractivity contribution in [1.29, 1.82) is 0 Å². The number of nitro groups is 1. The van der Waals surface area contributed by atoms with E-state index in [2.05, 4.69) is 0 Å². The van der Waals surface area contributed by atoms with E-state index in [0.29, 0.717) is 25.4 Å². The largest absolute Gasteiger partial charge is 0.370 e. The molecule has 0 bridgehead atoms. The van der Waals surface area contributed by atoms with E-state index in [-0.39, 0.29) is 19.1 Å². The van der Waals surface area contributed by atoms with E-state index in [4.69, 9.17) is 14.2 Å². The van der Waals surface area contributed by atoms with Crippen molar-refractivity contribution in [3.8, 4) is 0 Å². The van der Waals surface area contributed by atoms with Crippen LogP contribution >= 0.6 is 0 Å². The average Bonchev–Trinajstić information content (AvgIpc) is 2.88. The van der Waals surface area contributed by atoms with Crippen molar-refractivity contribution in [1.82, 2.24) is 0 Å². The van der Waals surface area contributed by atoms with Crippen molar-refractivity contribution in [2.24, 2.45) is 0 Å². The van der Waals surface area contributed by atoms with Gasteiger partial charge in [0.1, 0.15) is 26.3 Å². The molecular weight excluding hydrogens is 342 g/mol. The summed E-state index contributed by atoms with van der Waals surface area (Å²) in [6, 6.07) is 7.32. The zero-order valence-corrected chi connectivity index (χ0v) is 14.6. The summed E-state index contributed by atoms with van der Waals surface area (Å²) in [5.41, 5.74) is -0.00662. The molecule has 1 N–H and O–H groups in total. The molecule has 140 valence electrons. The molecule has 2 saturated heterocycles. The minimum absolute atomic E-state index is 0.182. The van der Waals surface area contributed by atoms with E-state index < -0.39 is 16.2 Å². The summed E-state index contributed by atoms with van der Waals surface area (Å²) in [6.45, 7) is 4.55. The van der Waals surface area contributed by atoms with Gasteiger partial charge < -0.3 is 19.1 Å². The number of nitrogens with zero attached hydrogens (tertiary/aromatic N) is 2. The van der Waals surface area contributed by atoms with Crippen LogP contribution in [0.1, 0.15) is 12.5 Å². The molecule has 1 amide bonds. The molecule has 0 aliphatic carbocycles. The zero-order valence-electron chi connectivity index (χ0n) is 14.6. The quantitative estimate of drug-likeness (QED) is 0.554. The SMILES string of the molecule is CC1([N+](=O)[O-])COC2(OC1)C(=O)N(C[NH+]1CCOCC1)c1ccccc12. The van der Waals surface area contributed by atoms with Crippen LogP contribution in [0.5, 0.6) is 0 Å². The van der Waals surface area contributed by atoms with Crippen LogP contribution in [0.15, 0.2) is 24.3 Å². The highest BCUT2D eigenvalue weighted by atomic mass is 16.7. The first kappa shape index (κ1) is 17.3. The van der Waals surface area contributed by atoms with E-state index in [9.17, 15) is 14.9 Å². The van der Waals surface area contributed by atoms with Crippen LogP contribution in [0.4, 0.5) is 5.69 Å². The number of para-hydroxylation sites is 1. The number of rotatable bonds is 3. The normalized spacial score (nSPS) is 32.0. The minimum atomic E-state index is -1.59. The fourth-order valence-electron chi connectivity index (χ4n) is 3.57. The Balaban J connectivity index is 1.63. The van der Waals surface area contributed by atoms with E-state index in [1.807, 2.05) is 18.2 Å². The molecule has 2 fully saturated rings. The molecule has 3 aliphatic heterocycles. The maximum atomic E-state index is 13.3. The molecule has 0 saturated carbocycles. The second-order valence-corrected chi connectivity index (χ2v) is 7.22. The molecule has 0 unspecified atom stereocenters. The number of quaternary nitrogens is 1. The van der Waals surface area contributed by atoms with Gasteiger partial charge in [0.25, 0.3) is 17.2 Å². The van der Waals surface area contributed by atoms with Gasteiger partial charge in [0, 0.05) is 17.4 Å². The highest BCUT2D eigenvalue weighted by Crippen LogP contribution is 2.45. The minimum Gasteiger partial charge on any atom is -0.370 e. The molecule has 0 atom stereocenters. The lowest BCUT2D eigenvalue weighted by molar-refractivity contribution is -0.906. The predicted molar refractivity (Wildman–Crippen MR) is 89.3 cm³/mol. The fraction of sp³-hybridized carbons (Fsp3) is 0.588. The number of ether oxygens (including phenoxy) is 3. The van der Waals surface area contributed by atoms with Crippen LogP contribution in [0.2, 0.25) is 0 Å². The molecular formula is C17H22N3O6+. The molecule has 4 rings (SSSR count). The zero-order chi connectivity index (χ0) is 18.4. The van der Waals surface area contributed by atoms with E-state index in [1.54, 1.807) is 11.0 Å². The summed E-state index contributed by atoms with van der Waals surface area (Å²) in [4.78, 5) is 27.0. The van der Waals surface area contributed by atoms with Crippen molar-refractivity contribution in [3.63, 3.8) is 0 Å². The topological polar surface area (TPSA) is 95.6 Å². The van der Waals surface area contributed by atoms with Crippen molar-refractivity contribution >= 4 is 11.6 Å². The number of carbonyl (C=O) groups excluding carboxylic acids is 1. The Hall–Kier alpha value is -2.07. The van der Waals surface area contributed by atoms with Gasteiger partial charge in [0.05, 0.1) is 18.9 Å². The first-order valence-corrected chi connectivity index (χ1v) is 8.71. The number of anilines is 1. The molecule has 9 heteroatoms. The van der Waals surface area contributed by atoms with Crippen molar-refractivity contribution in [3.05, 3.63) is 39.9 Å². The predicted octanol–water partition coefficient (Wildman–Crippen LogP) is -0.859. The summed E-state index contributed by atoms with van der Waals surface area (Å²) < 4.78 is 16.9. The second kappa shape index (κ2) is 6.27. The number of hydrogen-bond acceptors (Lipinski definition) is 6. The molecule has 3 heterocycles.